The molecule has 7 heteroatoms. The van der Waals surface area contributed by atoms with Crippen LogP contribution >= 0.6 is 23.2 Å². The first-order chi connectivity index (χ1) is 8.97. The molecule has 0 radical (unpaired) electrons. The van der Waals surface area contributed by atoms with Gasteiger partial charge in [0.25, 0.3) is 0 Å². The number of hydrogen-bond acceptors (Lipinski definition) is 4. The summed E-state index contributed by atoms with van der Waals surface area (Å²) >= 11 is 11.6. The van der Waals surface area contributed by atoms with Gasteiger partial charge in [0.2, 0.25) is 0 Å². The quantitative estimate of drug-likeness (QED) is 0.872. The zero-order valence-electron chi connectivity index (χ0n) is 9.68. The fourth-order valence-corrected chi connectivity index (χ4v) is 2.20. The Morgan fingerprint density at radius 3 is 2.84 bits per heavy atom. The van der Waals surface area contributed by atoms with E-state index in [1.807, 2.05) is 0 Å². The van der Waals surface area contributed by atoms with Crippen molar-refractivity contribution >= 4 is 29.2 Å². The molecule has 0 amide bonds. The number of esters is 1. The van der Waals surface area contributed by atoms with Crippen molar-refractivity contribution < 1.29 is 23.8 Å². The van der Waals surface area contributed by atoms with E-state index in [2.05, 4.69) is 0 Å². The first kappa shape index (κ1) is 14.5. The van der Waals surface area contributed by atoms with Crippen molar-refractivity contribution in [1.29, 1.82) is 0 Å². The molecule has 0 aromatic heterocycles. The molecule has 1 aliphatic heterocycles. The van der Waals surface area contributed by atoms with Gasteiger partial charge in [0.05, 0.1) is 16.7 Å². The summed E-state index contributed by atoms with van der Waals surface area (Å²) in [7, 11) is 0. The van der Waals surface area contributed by atoms with Gasteiger partial charge in [-0.1, -0.05) is 23.2 Å². The van der Waals surface area contributed by atoms with Crippen LogP contribution in [0.25, 0.3) is 0 Å². The van der Waals surface area contributed by atoms with Gasteiger partial charge in [-0.15, -0.1) is 0 Å². The highest BCUT2D eigenvalue weighted by Crippen LogP contribution is 2.24. The first-order valence-electron chi connectivity index (χ1n) is 5.57. The SMILES string of the molecule is O=C(OCC1CC(F)C(O)O1)c1ccc(Cl)cc1Cl. The number of ether oxygens (including phenoxy) is 2. The summed E-state index contributed by atoms with van der Waals surface area (Å²) in [6.07, 6.45) is -3.58. The average Bonchev–Trinajstić information content (AvgIpc) is 2.66. The lowest BCUT2D eigenvalue weighted by Crippen LogP contribution is -2.20. The Bertz CT molecular complexity index is 473. The van der Waals surface area contributed by atoms with E-state index in [4.69, 9.17) is 37.8 Å². The molecule has 104 valence electrons. The normalized spacial score (nSPS) is 26.4. The van der Waals surface area contributed by atoms with Crippen LogP contribution in [0, 0.1) is 0 Å². The van der Waals surface area contributed by atoms with Gasteiger partial charge in [-0.05, 0) is 18.2 Å². The van der Waals surface area contributed by atoms with Gasteiger partial charge in [-0.3, -0.25) is 0 Å². The van der Waals surface area contributed by atoms with Gasteiger partial charge in [0.15, 0.2) is 12.5 Å². The molecule has 1 saturated heterocycles. The summed E-state index contributed by atoms with van der Waals surface area (Å²) in [5.41, 5.74) is 0.168. The standard InChI is InChI=1S/C12H11Cl2FO4/c13-6-1-2-8(9(14)3-6)11(16)18-5-7-4-10(15)12(17)19-7/h1-3,7,10,12,17H,4-5H2. The summed E-state index contributed by atoms with van der Waals surface area (Å²) in [6, 6.07) is 4.37. The van der Waals surface area contributed by atoms with Gasteiger partial charge in [0.1, 0.15) is 6.61 Å². The highest BCUT2D eigenvalue weighted by atomic mass is 35.5. The van der Waals surface area contributed by atoms with Gasteiger partial charge in [0, 0.05) is 11.4 Å². The number of aliphatic hydroxyl groups excluding tert-OH is 1. The van der Waals surface area contributed by atoms with Crippen molar-refractivity contribution in [1.82, 2.24) is 0 Å². The van der Waals surface area contributed by atoms with Crippen molar-refractivity contribution in [2.45, 2.75) is 25.0 Å². The minimum Gasteiger partial charge on any atom is -0.459 e. The van der Waals surface area contributed by atoms with Crippen molar-refractivity contribution in [3.05, 3.63) is 33.8 Å². The summed E-state index contributed by atoms with van der Waals surface area (Å²) in [5.74, 6) is -0.651. The zero-order valence-corrected chi connectivity index (χ0v) is 11.2. The molecule has 1 N–H and O–H groups in total. The van der Waals surface area contributed by atoms with E-state index in [9.17, 15) is 9.18 Å². The predicted molar refractivity (Wildman–Crippen MR) is 67.1 cm³/mol. The van der Waals surface area contributed by atoms with Crippen LogP contribution < -0.4 is 0 Å². The largest absolute Gasteiger partial charge is 0.459 e. The number of halogens is 3. The zero-order chi connectivity index (χ0) is 14.0. The molecule has 1 aliphatic rings. The molecule has 1 aromatic carbocycles. The van der Waals surface area contributed by atoms with E-state index in [-0.39, 0.29) is 23.6 Å². The Labute approximate surface area is 119 Å². The molecular weight excluding hydrogens is 298 g/mol. The van der Waals surface area contributed by atoms with Crippen LogP contribution in [0.1, 0.15) is 16.8 Å². The molecule has 3 unspecified atom stereocenters. The molecule has 2 rings (SSSR count). The van der Waals surface area contributed by atoms with Crippen molar-refractivity contribution in [3.63, 3.8) is 0 Å². The molecule has 0 bridgehead atoms. The van der Waals surface area contributed by atoms with Crippen molar-refractivity contribution in [3.8, 4) is 0 Å². The Morgan fingerprint density at radius 1 is 1.53 bits per heavy atom. The van der Waals surface area contributed by atoms with E-state index in [0.29, 0.717) is 5.02 Å². The Morgan fingerprint density at radius 2 is 2.26 bits per heavy atom. The molecular formula is C12H11Cl2FO4. The monoisotopic (exact) mass is 308 g/mol. The smallest absolute Gasteiger partial charge is 0.339 e. The fraction of sp³-hybridized carbons (Fsp3) is 0.417. The van der Waals surface area contributed by atoms with Crippen LogP contribution in [0.4, 0.5) is 4.39 Å². The minimum absolute atomic E-state index is 0.0111. The number of aliphatic hydroxyl groups is 1. The van der Waals surface area contributed by atoms with Crippen LogP contribution in [0.2, 0.25) is 10.0 Å². The first-order valence-corrected chi connectivity index (χ1v) is 6.32. The van der Waals surface area contributed by atoms with E-state index >= 15 is 0 Å². The van der Waals surface area contributed by atoms with E-state index in [0.717, 1.165) is 0 Å². The Hall–Kier alpha value is -0.880. The topological polar surface area (TPSA) is 55.8 Å². The van der Waals surface area contributed by atoms with Crippen LogP contribution in [0.15, 0.2) is 18.2 Å². The van der Waals surface area contributed by atoms with Gasteiger partial charge in [-0.25, -0.2) is 9.18 Å². The van der Waals surface area contributed by atoms with Crippen LogP contribution in [0.5, 0.6) is 0 Å². The lowest BCUT2D eigenvalue weighted by molar-refractivity contribution is -0.121. The third-order valence-corrected chi connectivity index (χ3v) is 3.23. The fourth-order valence-electron chi connectivity index (χ4n) is 1.71. The van der Waals surface area contributed by atoms with E-state index in [1.54, 1.807) is 0 Å². The average molecular weight is 309 g/mol. The number of benzene rings is 1. The number of carbonyl (C=O) groups excluding carboxylic acids is 1. The van der Waals surface area contributed by atoms with Crippen LogP contribution in [-0.4, -0.2) is 36.2 Å². The Balaban J connectivity index is 1.91. The molecule has 1 fully saturated rings. The highest BCUT2D eigenvalue weighted by molar-refractivity contribution is 6.36. The number of carbonyl (C=O) groups is 1. The minimum atomic E-state index is -1.46. The molecule has 0 spiro atoms. The van der Waals surface area contributed by atoms with Gasteiger partial charge < -0.3 is 14.6 Å². The van der Waals surface area contributed by atoms with Crippen LogP contribution in [0.3, 0.4) is 0 Å². The molecule has 4 nitrogen and oxygen atoms in total. The van der Waals surface area contributed by atoms with Gasteiger partial charge in [-0.2, -0.15) is 0 Å². The summed E-state index contributed by atoms with van der Waals surface area (Å²) in [5, 5.41) is 9.63. The molecule has 3 atom stereocenters. The maximum atomic E-state index is 13.0. The number of rotatable bonds is 3. The maximum absolute atomic E-state index is 13.0. The lowest BCUT2D eigenvalue weighted by Gasteiger charge is -2.11. The van der Waals surface area contributed by atoms with Crippen LogP contribution in [-0.2, 0) is 9.47 Å². The lowest BCUT2D eigenvalue weighted by atomic mass is 10.2. The molecule has 1 heterocycles. The van der Waals surface area contributed by atoms with Crippen molar-refractivity contribution in [2.24, 2.45) is 0 Å². The molecule has 0 aliphatic carbocycles. The van der Waals surface area contributed by atoms with E-state index < -0.39 is 24.5 Å². The summed E-state index contributed by atoms with van der Waals surface area (Å²) in [6.45, 7) is -0.144. The number of alkyl halides is 1. The third kappa shape index (κ3) is 3.57. The predicted octanol–water partition coefficient (Wildman–Crippen LogP) is 2.60. The Kier molecular flexibility index (Phi) is 4.62. The highest BCUT2D eigenvalue weighted by Gasteiger charge is 2.34. The maximum Gasteiger partial charge on any atom is 0.339 e. The molecule has 0 saturated carbocycles. The second-order valence-electron chi connectivity index (χ2n) is 4.12. The van der Waals surface area contributed by atoms with E-state index in [1.165, 1.54) is 18.2 Å². The molecule has 19 heavy (non-hydrogen) atoms. The van der Waals surface area contributed by atoms with Crippen molar-refractivity contribution in [2.75, 3.05) is 6.61 Å². The molecule has 1 aromatic rings. The second kappa shape index (κ2) is 6.05. The second-order valence-corrected chi connectivity index (χ2v) is 4.97. The summed E-state index contributed by atoms with van der Waals surface area (Å²) in [4.78, 5) is 11.7. The van der Waals surface area contributed by atoms with Gasteiger partial charge >= 0.3 is 5.97 Å². The number of hydrogen-bond donors (Lipinski definition) is 1. The summed E-state index contributed by atoms with van der Waals surface area (Å²) < 4.78 is 22.8. The third-order valence-electron chi connectivity index (χ3n) is 2.68.